The summed E-state index contributed by atoms with van der Waals surface area (Å²) < 4.78 is 5.45. The quantitative estimate of drug-likeness (QED) is 0.905. The zero-order chi connectivity index (χ0) is 15.5. The van der Waals surface area contributed by atoms with Gasteiger partial charge in [0.05, 0.1) is 17.3 Å². The molecule has 2 N–H and O–H groups in total. The predicted molar refractivity (Wildman–Crippen MR) is 89.1 cm³/mol. The Morgan fingerprint density at radius 3 is 2.43 bits per heavy atom. The standard InChI is InChI=1S/C17H24N2OS/c1-5-20-13-8-6-12(7-9-13)14(18)10-16-19-15(11-21-16)17(2,3)4/h6-9,11,14H,5,10,18H2,1-4H3. The molecule has 0 radical (unpaired) electrons. The van der Waals surface area contributed by atoms with Crippen molar-refractivity contribution in [2.24, 2.45) is 5.73 Å². The molecule has 1 atom stereocenters. The molecule has 0 saturated carbocycles. The summed E-state index contributed by atoms with van der Waals surface area (Å²) in [6.45, 7) is 9.20. The van der Waals surface area contributed by atoms with Crippen LogP contribution in [0.2, 0.25) is 0 Å². The van der Waals surface area contributed by atoms with Gasteiger partial charge in [0.2, 0.25) is 0 Å². The van der Waals surface area contributed by atoms with Gasteiger partial charge < -0.3 is 10.5 Å². The van der Waals surface area contributed by atoms with Gasteiger partial charge >= 0.3 is 0 Å². The molecule has 0 saturated heterocycles. The zero-order valence-electron chi connectivity index (χ0n) is 13.2. The van der Waals surface area contributed by atoms with Crippen LogP contribution in [-0.2, 0) is 11.8 Å². The van der Waals surface area contributed by atoms with Crippen molar-refractivity contribution in [1.82, 2.24) is 4.98 Å². The van der Waals surface area contributed by atoms with E-state index in [0.29, 0.717) is 6.61 Å². The number of ether oxygens (including phenoxy) is 1. The van der Waals surface area contributed by atoms with E-state index in [1.54, 1.807) is 11.3 Å². The minimum atomic E-state index is -0.0281. The lowest BCUT2D eigenvalue weighted by Crippen LogP contribution is -2.14. The van der Waals surface area contributed by atoms with E-state index in [2.05, 4.69) is 26.2 Å². The second-order valence-electron chi connectivity index (χ2n) is 6.19. The third-order valence-electron chi connectivity index (χ3n) is 3.33. The highest BCUT2D eigenvalue weighted by Crippen LogP contribution is 2.26. The number of thiazole rings is 1. The number of rotatable bonds is 5. The Hall–Kier alpha value is -1.39. The summed E-state index contributed by atoms with van der Waals surface area (Å²) in [7, 11) is 0. The Balaban J connectivity index is 2.03. The first-order valence-electron chi connectivity index (χ1n) is 7.33. The normalized spacial score (nSPS) is 13.2. The highest BCUT2D eigenvalue weighted by atomic mass is 32.1. The molecule has 2 aromatic rings. The van der Waals surface area contributed by atoms with Crippen molar-refractivity contribution in [3.8, 4) is 5.75 Å². The van der Waals surface area contributed by atoms with E-state index in [9.17, 15) is 0 Å². The van der Waals surface area contributed by atoms with E-state index in [-0.39, 0.29) is 11.5 Å². The molecule has 4 heteroatoms. The van der Waals surface area contributed by atoms with Crippen LogP contribution in [0.3, 0.4) is 0 Å². The van der Waals surface area contributed by atoms with Gasteiger partial charge in [0.1, 0.15) is 5.75 Å². The lowest BCUT2D eigenvalue weighted by molar-refractivity contribution is 0.340. The van der Waals surface area contributed by atoms with Crippen molar-refractivity contribution in [2.45, 2.75) is 45.6 Å². The van der Waals surface area contributed by atoms with Crippen LogP contribution in [0.15, 0.2) is 29.6 Å². The van der Waals surface area contributed by atoms with E-state index in [1.165, 1.54) is 0 Å². The lowest BCUT2D eigenvalue weighted by atomic mass is 9.93. The van der Waals surface area contributed by atoms with Gasteiger partial charge in [0.15, 0.2) is 0 Å². The van der Waals surface area contributed by atoms with Crippen LogP contribution in [0.4, 0.5) is 0 Å². The van der Waals surface area contributed by atoms with Crippen LogP contribution in [0.5, 0.6) is 5.75 Å². The van der Waals surface area contributed by atoms with Crippen molar-refractivity contribution in [1.29, 1.82) is 0 Å². The molecule has 21 heavy (non-hydrogen) atoms. The van der Waals surface area contributed by atoms with E-state index >= 15 is 0 Å². The minimum Gasteiger partial charge on any atom is -0.494 e. The van der Waals surface area contributed by atoms with Gasteiger partial charge in [-0.1, -0.05) is 32.9 Å². The molecule has 3 nitrogen and oxygen atoms in total. The number of hydrogen-bond donors (Lipinski definition) is 1. The highest BCUT2D eigenvalue weighted by molar-refractivity contribution is 7.09. The number of benzene rings is 1. The summed E-state index contributed by atoms with van der Waals surface area (Å²) in [6, 6.07) is 7.99. The molecule has 1 heterocycles. The molecule has 1 unspecified atom stereocenters. The summed E-state index contributed by atoms with van der Waals surface area (Å²) in [6.07, 6.45) is 0.773. The van der Waals surface area contributed by atoms with E-state index in [4.69, 9.17) is 15.5 Å². The van der Waals surface area contributed by atoms with Gasteiger partial charge in [-0.3, -0.25) is 0 Å². The van der Waals surface area contributed by atoms with Gasteiger partial charge in [-0.2, -0.15) is 0 Å². The molecule has 1 aromatic carbocycles. The molecule has 2 rings (SSSR count). The topological polar surface area (TPSA) is 48.1 Å². The van der Waals surface area contributed by atoms with Crippen LogP contribution in [0.25, 0.3) is 0 Å². The van der Waals surface area contributed by atoms with Crippen molar-refractivity contribution >= 4 is 11.3 Å². The maximum absolute atomic E-state index is 6.30. The van der Waals surface area contributed by atoms with Gasteiger partial charge in [0, 0.05) is 23.3 Å². The number of aromatic nitrogens is 1. The Bertz CT molecular complexity index is 569. The largest absolute Gasteiger partial charge is 0.494 e. The van der Waals surface area contributed by atoms with E-state index < -0.39 is 0 Å². The first-order chi connectivity index (χ1) is 9.90. The number of hydrogen-bond acceptors (Lipinski definition) is 4. The fraction of sp³-hybridized carbons (Fsp3) is 0.471. The second kappa shape index (κ2) is 6.58. The zero-order valence-corrected chi connectivity index (χ0v) is 14.0. The molecule has 0 aliphatic rings. The minimum absolute atomic E-state index is 0.0281. The van der Waals surface area contributed by atoms with Gasteiger partial charge in [-0.25, -0.2) is 4.98 Å². The highest BCUT2D eigenvalue weighted by Gasteiger charge is 2.18. The number of nitrogens with zero attached hydrogens (tertiary/aromatic N) is 1. The van der Waals surface area contributed by atoms with Crippen LogP contribution in [0, 0.1) is 0 Å². The molecule has 0 amide bonds. The Morgan fingerprint density at radius 2 is 1.90 bits per heavy atom. The first-order valence-corrected chi connectivity index (χ1v) is 8.21. The Labute approximate surface area is 131 Å². The Morgan fingerprint density at radius 1 is 1.24 bits per heavy atom. The average Bonchev–Trinajstić information content (AvgIpc) is 2.88. The van der Waals surface area contributed by atoms with Crippen molar-refractivity contribution in [2.75, 3.05) is 6.61 Å². The Kier molecular flexibility index (Phi) is 5.01. The fourth-order valence-corrected chi connectivity index (χ4v) is 3.11. The lowest BCUT2D eigenvalue weighted by Gasteiger charge is -2.14. The van der Waals surface area contributed by atoms with Crippen molar-refractivity contribution in [3.05, 3.63) is 45.9 Å². The molecule has 0 bridgehead atoms. The number of nitrogens with two attached hydrogens (primary N) is 1. The van der Waals surface area contributed by atoms with Gasteiger partial charge in [-0.15, -0.1) is 11.3 Å². The second-order valence-corrected chi connectivity index (χ2v) is 7.13. The summed E-state index contributed by atoms with van der Waals surface area (Å²) in [5.41, 5.74) is 8.65. The fourth-order valence-electron chi connectivity index (χ4n) is 2.03. The maximum atomic E-state index is 6.30. The van der Waals surface area contributed by atoms with Gasteiger partial charge in [0.25, 0.3) is 0 Å². The van der Waals surface area contributed by atoms with Crippen LogP contribution < -0.4 is 10.5 Å². The molecule has 1 aromatic heterocycles. The molecule has 0 aliphatic carbocycles. The van der Waals surface area contributed by atoms with E-state index in [1.807, 2.05) is 31.2 Å². The van der Waals surface area contributed by atoms with Crippen LogP contribution >= 0.6 is 11.3 Å². The third kappa shape index (κ3) is 4.29. The summed E-state index contributed by atoms with van der Waals surface area (Å²) in [5.74, 6) is 0.887. The average molecular weight is 304 g/mol. The SMILES string of the molecule is CCOc1ccc(C(N)Cc2nc(C(C)(C)C)cs2)cc1. The smallest absolute Gasteiger partial charge is 0.119 e. The molecule has 0 aliphatic heterocycles. The molecular weight excluding hydrogens is 280 g/mol. The van der Waals surface area contributed by atoms with Crippen LogP contribution in [0.1, 0.15) is 50.0 Å². The van der Waals surface area contributed by atoms with Crippen molar-refractivity contribution in [3.63, 3.8) is 0 Å². The first kappa shape index (κ1) is 16.0. The predicted octanol–water partition coefficient (Wildman–Crippen LogP) is 4.08. The molecule has 114 valence electrons. The third-order valence-corrected chi connectivity index (χ3v) is 4.21. The molecule has 0 spiro atoms. The molecule has 0 fully saturated rings. The molecular formula is C17H24N2OS. The maximum Gasteiger partial charge on any atom is 0.119 e. The van der Waals surface area contributed by atoms with E-state index in [0.717, 1.165) is 28.4 Å². The summed E-state index contributed by atoms with van der Waals surface area (Å²) >= 11 is 1.69. The van der Waals surface area contributed by atoms with Crippen LogP contribution in [-0.4, -0.2) is 11.6 Å². The van der Waals surface area contributed by atoms with Gasteiger partial charge in [-0.05, 0) is 24.6 Å². The van der Waals surface area contributed by atoms with Crippen molar-refractivity contribution < 1.29 is 4.74 Å². The summed E-state index contributed by atoms with van der Waals surface area (Å²) in [5, 5.41) is 3.24. The monoisotopic (exact) mass is 304 g/mol. The summed E-state index contributed by atoms with van der Waals surface area (Å²) in [4.78, 5) is 4.71.